The van der Waals surface area contributed by atoms with E-state index in [0.717, 1.165) is 42.7 Å². The number of hydrogen-bond acceptors (Lipinski definition) is 5. The Hall–Kier alpha value is -1.18. The quantitative estimate of drug-likeness (QED) is 0.870. The summed E-state index contributed by atoms with van der Waals surface area (Å²) in [6.07, 6.45) is 4.07. The molecule has 2 aromatic heterocycles. The standard InChI is InChI=1S/C13H16N2O3S2/c1-15(20(16,17)13-7-4-8-19-13)9-11-10-5-2-3-6-12(10)18-14-11/h4,7-8H,2-3,5-6,9H2,1H3. The van der Waals surface area contributed by atoms with Gasteiger partial charge in [0.2, 0.25) is 0 Å². The van der Waals surface area contributed by atoms with Crippen molar-refractivity contribution in [1.29, 1.82) is 0 Å². The number of hydrogen-bond donors (Lipinski definition) is 0. The summed E-state index contributed by atoms with van der Waals surface area (Å²) < 4.78 is 31.8. The van der Waals surface area contributed by atoms with Crippen molar-refractivity contribution < 1.29 is 12.9 Å². The molecule has 2 heterocycles. The average Bonchev–Trinajstić information content (AvgIpc) is 3.09. The van der Waals surface area contributed by atoms with Crippen LogP contribution in [0.2, 0.25) is 0 Å². The SMILES string of the molecule is CN(Cc1noc2c1CCCC2)S(=O)(=O)c1cccs1. The molecular weight excluding hydrogens is 296 g/mol. The second-order valence-corrected chi connectivity index (χ2v) is 8.15. The van der Waals surface area contributed by atoms with E-state index in [1.165, 1.54) is 15.6 Å². The Morgan fingerprint density at radius 1 is 1.40 bits per heavy atom. The first-order valence-electron chi connectivity index (χ1n) is 6.55. The Labute approximate surface area is 122 Å². The smallest absolute Gasteiger partial charge is 0.252 e. The predicted molar refractivity (Wildman–Crippen MR) is 76.1 cm³/mol. The van der Waals surface area contributed by atoms with Crippen LogP contribution in [0.5, 0.6) is 0 Å². The predicted octanol–water partition coefficient (Wildman–Crippen LogP) is 2.44. The van der Waals surface area contributed by atoms with Crippen LogP contribution in [0.25, 0.3) is 0 Å². The number of thiophene rings is 1. The van der Waals surface area contributed by atoms with Crippen molar-refractivity contribution in [3.8, 4) is 0 Å². The summed E-state index contributed by atoms with van der Waals surface area (Å²) in [5, 5.41) is 5.82. The molecular formula is C13H16N2O3S2. The molecule has 1 aliphatic rings. The molecule has 0 fully saturated rings. The molecule has 108 valence electrons. The minimum atomic E-state index is -3.43. The fraction of sp³-hybridized carbons (Fsp3) is 0.462. The second kappa shape index (κ2) is 5.31. The van der Waals surface area contributed by atoms with E-state index in [0.29, 0.717) is 4.21 Å². The number of aromatic nitrogens is 1. The van der Waals surface area contributed by atoms with Gasteiger partial charge < -0.3 is 4.52 Å². The van der Waals surface area contributed by atoms with Gasteiger partial charge in [0.25, 0.3) is 10.0 Å². The molecule has 0 bridgehead atoms. The maximum Gasteiger partial charge on any atom is 0.252 e. The van der Waals surface area contributed by atoms with E-state index >= 15 is 0 Å². The number of aryl methyl sites for hydroxylation is 1. The third kappa shape index (κ3) is 2.41. The lowest BCUT2D eigenvalue weighted by Crippen LogP contribution is -2.26. The number of rotatable bonds is 4. The lowest BCUT2D eigenvalue weighted by Gasteiger charge is -2.16. The minimum Gasteiger partial charge on any atom is -0.361 e. The molecule has 0 unspecified atom stereocenters. The summed E-state index contributed by atoms with van der Waals surface area (Å²) in [6, 6.07) is 3.36. The van der Waals surface area contributed by atoms with E-state index in [-0.39, 0.29) is 6.54 Å². The molecule has 5 nitrogen and oxygen atoms in total. The van der Waals surface area contributed by atoms with Crippen molar-refractivity contribution in [2.24, 2.45) is 0 Å². The van der Waals surface area contributed by atoms with E-state index in [1.807, 2.05) is 0 Å². The number of nitrogens with zero attached hydrogens (tertiary/aromatic N) is 2. The Balaban J connectivity index is 1.83. The van der Waals surface area contributed by atoms with Gasteiger partial charge in [-0.05, 0) is 30.7 Å². The highest BCUT2D eigenvalue weighted by Crippen LogP contribution is 2.27. The molecule has 0 aliphatic heterocycles. The largest absolute Gasteiger partial charge is 0.361 e. The third-order valence-corrected chi connectivity index (χ3v) is 6.74. The number of sulfonamides is 1. The molecule has 20 heavy (non-hydrogen) atoms. The van der Waals surface area contributed by atoms with E-state index < -0.39 is 10.0 Å². The third-order valence-electron chi connectivity index (χ3n) is 3.56. The number of fused-ring (bicyclic) bond motifs is 1. The first-order chi connectivity index (χ1) is 9.59. The summed E-state index contributed by atoms with van der Waals surface area (Å²) in [6.45, 7) is 0.263. The molecule has 0 radical (unpaired) electrons. The molecule has 7 heteroatoms. The van der Waals surface area contributed by atoms with Crippen molar-refractivity contribution in [3.63, 3.8) is 0 Å². The Bertz CT molecular complexity index is 689. The highest BCUT2D eigenvalue weighted by molar-refractivity contribution is 7.91. The van der Waals surface area contributed by atoms with Gasteiger partial charge in [0, 0.05) is 19.0 Å². The fourth-order valence-electron chi connectivity index (χ4n) is 2.43. The van der Waals surface area contributed by atoms with Crippen LogP contribution in [0.1, 0.15) is 29.9 Å². The monoisotopic (exact) mass is 312 g/mol. The van der Waals surface area contributed by atoms with Gasteiger partial charge in [0.05, 0.1) is 6.54 Å². The van der Waals surface area contributed by atoms with Crippen LogP contribution in [0.3, 0.4) is 0 Å². The van der Waals surface area contributed by atoms with Crippen molar-refractivity contribution >= 4 is 21.4 Å². The molecule has 0 atom stereocenters. The first-order valence-corrected chi connectivity index (χ1v) is 8.87. The maximum atomic E-state index is 12.4. The van der Waals surface area contributed by atoms with Crippen molar-refractivity contribution in [2.75, 3.05) is 7.05 Å². The van der Waals surface area contributed by atoms with E-state index in [9.17, 15) is 8.42 Å². The van der Waals surface area contributed by atoms with E-state index in [2.05, 4.69) is 5.16 Å². The summed E-state index contributed by atoms with van der Waals surface area (Å²) in [5.41, 5.74) is 1.85. The van der Waals surface area contributed by atoms with Crippen LogP contribution in [0.15, 0.2) is 26.2 Å². The zero-order valence-electron chi connectivity index (χ0n) is 11.2. The normalized spacial score (nSPS) is 15.5. The molecule has 2 aromatic rings. The van der Waals surface area contributed by atoms with E-state index in [4.69, 9.17) is 4.52 Å². The van der Waals surface area contributed by atoms with Gasteiger partial charge in [-0.1, -0.05) is 11.2 Å². The maximum absolute atomic E-state index is 12.4. The van der Waals surface area contributed by atoms with Crippen LogP contribution in [0.4, 0.5) is 0 Å². The zero-order valence-corrected chi connectivity index (χ0v) is 12.8. The molecule has 0 amide bonds. The molecule has 0 aromatic carbocycles. The lowest BCUT2D eigenvalue weighted by atomic mass is 9.96. The van der Waals surface area contributed by atoms with Gasteiger partial charge in [-0.3, -0.25) is 0 Å². The van der Waals surface area contributed by atoms with Gasteiger partial charge in [-0.2, -0.15) is 4.31 Å². The minimum absolute atomic E-state index is 0.263. The van der Waals surface area contributed by atoms with Gasteiger partial charge >= 0.3 is 0 Å². The summed E-state index contributed by atoms with van der Waals surface area (Å²) >= 11 is 1.23. The molecule has 1 aliphatic carbocycles. The second-order valence-electron chi connectivity index (χ2n) is 4.93. The van der Waals surface area contributed by atoms with Crippen LogP contribution >= 0.6 is 11.3 Å². The summed E-state index contributed by atoms with van der Waals surface area (Å²) in [5.74, 6) is 0.924. The summed E-state index contributed by atoms with van der Waals surface area (Å²) in [7, 11) is -1.85. The van der Waals surface area contributed by atoms with E-state index in [1.54, 1.807) is 24.6 Å². The Kier molecular flexibility index (Phi) is 3.66. The van der Waals surface area contributed by atoms with Gasteiger partial charge in [-0.25, -0.2) is 8.42 Å². The van der Waals surface area contributed by atoms with Crippen molar-refractivity contribution in [1.82, 2.24) is 9.46 Å². The van der Waals surface area contributed by atoms with Gasteiger partial charge in [0.15, 0.2) is 0 Å². The van der Waals surface area contributed by atoms with Crippen LogP contribution in [-0.4, -0.2) is 24.9 Å². The highest BCUT2D eigenvalue weighted by Gasteiger charge is 2.26. The Morgan fingerprint density at radius 2 is 2.20 bits per heavy atom. The van der Waals surface area contributed by atoms with Crippen LogP contribution in [0, 0.1) is 0 Å². The molecule has 0 saturated carbocycles. The molecule has 0 spiro atoms. The van der Waals surface area contributed by atoms with Crippen LogP contribution in [-0.2, 0) is 29.4 Å². The molecule has 0 N–H and O–H groups in total. The molecule has 3 rings (SSSR count). The average molecular weight is 312 g/mol. The first kappa shape index (κ1) is 13.8. The topological polar surface area (TPSA) is 63.4 Å². The Morgan fingerprint density at radius 3 is 2.95 bits per heavy atom. The molecule has 0 saturated heterocycles. The zero-order chi connectivity index (χ0) is 14.2. The highest BCUT2D eigenvalue weighted by atomic mass is 32.2. The van der Waals surface area contributed by atoms with Gasteiger partial charge in [-0.15, -0.1) is 11.3 Å². The van der Waals surface area contributed by atoms with Crippen LogP contribution < -0.4 is 0 Å². The fourth-order valence-corrected chi connectivity index (χ4v) is 4.77. The summed E-state index contributed by atoms with van der Waals surface area (Å²) in [4.78, 5) is 0. The lowest BCUT2D eigenvalue weighted by molar-refractivity contribution is 0.361. The van der Waals surface area contributed by atoms with Crippen molar-refractivity contribution in [3.05, 3.63) is 34.5 Å². The van der Waals surface area contributed by atoms with Crippen molar-refractivity contribution in [2.45, 2.75) is 36.4 Å². The van der Waals surface area contributed by atoms with Gasteiger partial charge in [0.1, 0.15) is 15.7 Å².